The van der Waals surface area contributed by atoms with Gasteiger partial charge in [0.15, 0.2) is 0 Å². The van der Waals surface area contributed by atoms with Gasteiger partial charge in [-0.25, -0.2) is 0 Å². The molecule has 0 saturated carbocycles. The molecule has 0 amide bonds. The minimum Gasteiger partial charge on any atom is -0.311 e. The van der Waals surface area contributed by atoms with E-state index >= 15 is 0 Å². The van der Waals surface area contributed by atoms with Crippen LogP contribution in [0.4, 0.5) is 34.1 Å². The highest BCUT2D eigenvalue weighted by atomic mass is 28.3. The van der Waals surface area contributed by atoms with Crippen LogP contribution < -0.4 is 20.2 Å². The smallest absolute Gasteiger partial charge is 0.0859 e. The standard InChI is InChI=1S/C59H66N2Si2/c1-57(2,3)62(9,10)51-35-30-48(31-36-51)60(45-19-15-13-16-20-45)47-28-25-43(26-29-47)23-24-44-27-39-53-54-40-34-50(42-56(54)59(7,8)55(53)41-44)61(46-21-17-14-18-22-46)49-32-37-52(38-33-49)63(11,12)58(4,5)6/h13-42H,1-12H3/b24-23+. The van der Waals surface area contributed by atoms with Crippen LogP contribution in [-0.4, -0.2) is 16.1 Å². The van der Waals surface area contributed by atoms with Crippen molar-refractivity contribution in [3.05, 3.63) is 192 Å². The van der Waals surface area contributed by atoms with Gasteiger partial charge in [0.05, 0.1) is 16.1 Å². The Morgan fingerprint density at radius 1 is 0.381 bits per heavy atom. The van der Waals surface area contributed by atoms with Crippen molar-refractivity contribution in [3.63, 3.8) is 0 Å². The number of hydrogen-bond donors (Lipinski definition) is 0. The molecule has 4 heteroatoms. The fraction of sp³-hybridized carbons (Fsp3) is 0.254. The van der Waals surface area contributed by atoms with E-state index < -0.39 is 16.1 Å². The molecule has 0 spiro atoms. The molecule has 7 aromatic rings. The van der Waals surface area contributed by atoms with Crippen LogP contribution >= 0.6 is 0 Å². The fourth-order valence-electron chi connectivity index (χ4n) is 8.88. The molecule has 0 bridgehead atoms. The summed E-state index contributed by atoms with van der Waals surface area (Å²) in [5, 5.41) is 3.54. The number of fused-ring (bicyclic) bond motifs is 3. The number of nitrogens with zero attached hydrogens (tertiary/aromatic N) is 2. The molecule has 1 aliphatic carbocycles. The summed E-state index contributed by atoms with van der Waals surface area (Å²) in [7, 11) is -3.30. The molecule has 8 rings (SSSR count). The molecule has 1 aliphatic rings. The average molecular weight is 859 g/mol. The van der Waals surface area contributed by atoms with E-state index in [1.807, 2.05) is 0 Å². The zero-order chi connectivity index (χ0) is 45.0. The fourth-order valence-corrected chi connectivity index (χ4v) is 12.6. The Balaban J connectivity index is 1.05. The Morgan fingerprint density at radius 3 is 1.16 bits per heavy atom. The van der Waals surface area contributed by atoms with Crippen LogP contribution in [0.2, 0.25) is 36.3 Å². The van der Waals surface area contributed by atoms with E-state index in [2.05, 4.69) is 273 Å². The van der Waals surface area contributed by atoms with E-state index in [9.17, 15) is 0 Å². The first-order valence-corrected chi connectivity index (χ1v) is 28.8. The normalized spacial score (nSPS) is 13.8. The van der Waals surface area contributed by atoms with Crippen LogP contribution in [0.5, 0.6) is 0 Å². The van der Waals surface area contributed by atoms with Gasteiger partial charge >= 0.3 is 0 Å². The van der Waals surface area contributed by atoms with Gasteiger partial charge in [0.1, 0.15) is 0 Å². The van der Waals surface area contributed by atoms with Crippen LogP contribution in [0.25, 0.3) is 23.3 Å². The van der Waals surface area contributed by atoms with Crippen LogP contribution in [0.15, 0.2) is 170 Å². The van der Waals surface area contributed by atoms with Gasteiger partial charge in [-0.05, 0) is 116 Å². The van der Waals surface area contributed by atoms with E-state index in [0.717, 1.165) is 17.1 Å². The SMILES string of the molecule is CC1(C)c2cc(/C=C/c3ccc(N(c4ccccc4)c4ccc([Si](C)(C)C(C)(C)C)cc4)cc3)ccc2-c2ccc(N(c3ccccc3)c3ccc([Si](C)(C)C(C)(C)C)cc3)cc21. The van der Waals surface area contributed by atoms with Crippen molar-refractivity contribution >= 4 is 72.8 Å². The van der Waals surface area contributed by atoms with Gasteiger partial charge in [0, 0.05) is 39.5 Å². The van der Waals surface area contributed by atoms with Gasteiger partial charge in [0.25, 0.3) is 0 Å². The molecular formula is C59H66N2Si2. The highest BCUT2D eigenvalue weighted by Crippen LogP contribution is 2.51. The Bertz CT molecular complexity index is 2730. The third-order valence-corrected chi connectivity index (χ3v) is 26.1. The molecule has 0 unspecified atom stereocenters. The van der Waals surface area contributed by atoms with Crippen LogP contribution in [0.1, 0.15) is 77.6 Å². The lowest BCUT2D eigenvalue weighted by Gasteiger charge is -2.37. The molecular weight excluding hydrogens is 793 g/mol. The lowest BCUT2D eigenvalue weighted by Crippen LogP contribution is -2.49. The average Bonchev–Trinajstić information content (AvgIpc) is 3.48. The lowest BCUT2D eigenvalue weighted by molar-refractivity contribution is 0.660. The number of para-hydroxylation sites is 2. The van der Waals surface area contributed by atoms with Crippen molar-refractivity contribution in [1.29, 1.82) is 0 Å². The summed E-state index contributed by atoms with van der Waals surface area (Å²) in [6.07, 6.45) is 4.51. The minimum absolute atomic E-state index is 0.162. The Kier molecular flexibility index (Phi) is 11.5. The van der Waals surface area contributed by atoms with E-state index in [0.29, 0.717) is 0 Å². The third-order valence-electron chi connectivity index (χ3n) is 15.0. The van der Waals surface area contributed by atoms with Crippen molar-refractivity contribution in [1.82, 2.24) is 0 Å². The summed E-state index contributed by atoms with van der Waals surface area (Å²) in [4.78, 5) is 4.78. The first-order chi connectivity index (χ1) is 29.8. The molecule has 0 saturated heterocycles. The topological polar surface area (TPSA) is 6.48 Å². The minimum atomic E-state index is -1.66. The molecule has 0 aliphatic heterocycles. The summed E-state index contributed by atoms with van der Waals surface area (Å²) < 4.78 is 0. The molecule has 63 heavy (non-hydrogen) atoms. The summed E-state index contributed by atoms with van der Waals surface area (Å²) in [6.45, 7) is 29.0. The van der Waals surface area contributed by atoms with Gasteiger partial charge in [-0.3, -0.25) is 0 Å². The Hall–Kier alpha value is -5.69. The maximum atomic E-state index is 2.49. The number of benzene rings is 7. The van der Waals surface area contributed by atoms with Crippen molar-refractivity contribution in [2.45, 2.75) is 97.1 Å². The molecule has 0 atom stereocenters. The molecule has 0 heterocycles. The number of hydrogen-bond acceptors (Lipinski definition) is 2. The van der Waals surface area contributed by atoms with Gasteiger partial charge in [0.2, 0.25) is 0 Å². The zero-order valence-corrected chi connectivity index (χ0v) is 41.7. The van der Waals surface area contributed by atoms with Gasteiger partial charge in [-0.1, -0.05) is 201 Å². The molecule has 320 valence electrons. The van der Waals surface area contributed by atoms with Gasteiger partial charge in [-0.2, -0.15) is 0 Å². The molecule has 2 nitrogen and oxygen atoms in total. The predicted octanol–water partition coefficient (Wildman–Crippen LogP) is 16.5. The largest absolute Gasteiger partial charge is 0.311 e. The van der Waals surface area contributed by atoms with Gasteiger partial charge < -0.3 is 9.80 Å². The quantitative estimate of drug-likeness (QED) is 0.0999. The van der Waals surface area contributed by atoms with E-state index in [4.69, 9.17) is 0 Å². The summed E-state index contributed by atoms with van der Waals surface area (Å²) in [6, 6.07) is 63.3. The van der Waals surface area contributed by atoms with E-state index in [1.54, 1.807) is 0 Å². The Labute approximate surface area is 381 Å². The molecule has 0 N–H and O–H groups in total. The maximum absolute atomic E-state index is 2.49. The number of anilines is 6. The monoisotopic (exact) mass is 858 g/mol. The highest BCUT2D eigenvalue weighted by molar-refractivity contribution is 6.92. The Morgan fingerprint density at radius 2 is 0.714 bits per heavy atom. The third kappa shape index (κ3) is 8.32. The second-order valence-electron chi connectivity index (χ2n) is 21.3. The summed E-state index contributed by atoms with van der Waals surface area (Å²) in [5.41, 5.74) is 14.6. The van der Waals surface area contributed by atoms with E-state index in [-0.39, 0.29) is 15.5 Å². The lowest BCUT2D eigenvalue weighted by atomic mass is 9.81. The molecule has 7 aromatic carbocycles. The number of rotatable bonds is 10. The summed E-state index contributed by atoms with van der Waals surface area (Å²) >= 11 is 0. The van der Waals surface area contributed by atoms with Crippen molar-refractivity contribution in [3.8, 4) is 11.1 Å². The predicted molar refractivity (Wildman–Crippen MR) is 282 cm³/mol. The van der Waals surface area contributed by atoms with Crippen molar-refractivity contribution < 1.29 is 0 Å². The second kappa shape index (κ2) is 16.5. The van der Waals surface area contributed by atoms with Crippen molar-refractivity contribution in [2.24, 2.45) is 0 Å². The first kappa shape index (κ1) is 43.9. The van der Waals surface area contributed by atoms with Crippen LogP contribution in [0, 0.1) is 0 Å². The molecule has 0 fully saturated rings. The van der Waals surface area contributed by atoms with E-state index in [1.165, 1.54) is 60.8 Å². The molecule has 0 radical (unpaired) electrons. The van der Waals surface area contributed by atoms with Gasteiger partial charge in [-0.15, -0.1) is 0 Å². The van der Waals surface area contributed by atoms with Crippen LogP contribution in [-0.2, 0) is 5.41 Å². The zero-order valence-electron chi connectivity index (χ0n) is 39.7. The first-order valence-electron chi connectivity index (χ1n) is 22.8. The molecule has 0 aromatic heterocycles. The maximum Gasteiger partial charge on any atom is 0.0859 e. The van der Waals surface area contributed by atoms with Crippen LogP contribution in [0.3, 0.4) is 0 Å². The summed E-state index contributed by atoms with van der Waals surface area (Å²) in [5.74, 6) is 0. The highest BCUT2D eigenvalue weighted by Gasteiger charge is 2.39. The second-order valence-corrected chi connectivity index (χ2v) is 31.9. The van der Waals surface area contributed by atoms with Crippen molar-refractivity contribution in [2.75, 3.05) is 9.80 Å².